The van der Waals surface area contributed by atoms with Gasteiger partial charge in [-0.2, -0.15) is 0 Å². The van der Waals surface area contributed by atoms with E-state index < -0.39 is 16.8 Å². The number of anilines is 2. The van der Waals surface area contributed by atoms with Crippen molar-refractivity contribution in [3.05, 3.63) is 41.3 Å². The van der Waals surface area contributed by atoms with Crippen LogP contribution in [0.1, 0.15) is 37.1 Å². The third-order valence-corrected chi connectivity index (χ3v) is 7.57. The van der Waals surface area contributed by atoms with Crippen molar-refractivity contribution < 1.29 is 8.60 Å². The molecule has 0 radical (unpaired) electrons. The Kier molecular flexibility index (Phi) is 6.89. The Balaban J connectivity index is 1.79. The molecule has 1 aromatic carbocycles. The van der Waals surface area contributed by atoms with Crippen LogP contribution >= 0.6 is 11.3 Å². The van der Waals surface area contributed by atoms with E-state index >= 15 is 4.39 Å². The molecule has 0 spiro atoms. The lowest BCUT2D eigenvalue weighted by molar-refractivity contribution is 0.459. The van der Waals surface area contributed by atoms with E-state index in [1.54, 1.807) is 30.5 Å². The number of piperidine rings is 1. The number of nitrogens with zero attached hydrogens (tertiary/aromatic N) is 3. The van der Waals surface area contributed by atoms with E-state index in [0.29, 0.717) is 28.6 Å². The van der Waals surface area contributed by atoms with Crippen LogP contribution in [-0.2, 0) is 11.0 Å². The molecule has 3 aromatic rings. The summed E-state index contributed by atoms with van der Waals surface area (Å²) in [7, 11) is -1.34. The zero-order valence-electron chi connectivity index (χ0n) is 17.2. The third-order valence-electron chi connectivity index (χ3n) is 5.11. The van der Waals surface area contributed by atoms with Crippen LogP contribution in [0.2, 0.25) is 0 Å². The van der Waals surface area contributed by atoms with Crippen molar-refractivity contribution in [2.45, 2.75) is 32.1 Å². The molecule has 1 aliphatic heterocycles. The molecule has 1 atom stereocenters. The molecular weight excluding hydrogens is 435 g/mol. The number of benzene rings is 1. The molecule has 1 saturated heterocycles. The molecule has 1 fully saturated rings. The number of nitrogen functional groups attached to an aromatic ring is 1. The molecule has 1 unspecified atom stereocenters. The van der Waals surface area contributed by atoms with Gasteiger partial charge < -0.3 is 15.8 Å². The molecule has 0 saturated carbocycles. The monoisotopic (exact) mass is 460 g/mol. The van der Waals surface area contributed by atoms with Gasteiger partial charge >= 0.3 is 0 Å². The normalized spacial score (nSPS) is 15.7. The van der Waals surface area contributed by atoms with Crippen LogP contribution in [0.5, 0.6) is 0 Å². The Hall–Kier alpha value is -2.43. The minimum Gasteiger partial charge on any atom is -0.368 e. The van der Waals surface area contributed by atoms with E-state index in [9.17, 15) is 4.21 Å². The minimum atomic E-state index is -1.34. The number of aromatic nitrogens is 3. The molecule has 7 nitrogen and oxygen atoms in total. The molecule has 0 aliphatic carbocycles. The van der Waals surface area contributed by atoms with Gasteiger partial charge in [-0.05, 0) is 50.6 Å². The summed E-state index contributed by atoms with van der Waals surface area (Å²) in [6.45, 7) is 3.81. The highest BCUT2D eigenvalue weighted by molar-refractivity contribution is 7.86. The first-order chi connectivity index (χ1) is 15.1. The topological polar surface area (TPSA) is 106 Å². The number of rotatable bonds is 7. The van der Waals surface area contributed by atoms with Gasteiger partial charge in [0.2, 0.25) is 5.95 Å². The second-order valence-electron chi connectivity index (χ2n) is 7.37. The maximum atomic E-state index is 15.5. The molecule has 4 rings (SSSR count). The Labute approximate surface area is 187 Å². The summed E-state index contributed by atoms with van der Waals surface area (Å²) in [6.07, 6.45) is 4.30. The number of hydrogen-bond acceptors (Lipinski definition) is 7. The second-order valence-corrected chi connectivity index (χ2v) is 9.71. The van der Waals surface area contributed by atoms with E-state index in [-0.39, 0.29) is 11.6 Å². The van der Waals surface area contributed by atoms with E-state index in [1.165, 1.54) is 11.3 Å². The molecular formula is C21H25FN6OS2. The molecule has 164 valence electrons. The standard InChI is InChI=1S/C21H25FN6OS2/c1-2-12-31(29)28-15-5-3-4-14(17(15)22)18-19(16-8-11-25-21(23)26-16)30-20(27-18)13-6-9-24-10-7-13/h3-5,8,11,13,24,28H,2,6-7,9-10,12H2,1H3,(H2,23,25,26). The first kappa shape index (κ1) is 21.8. The molecule has 0 bridgehead atoms. The summed E-state index contributed by atoms with van der Waals surface area (Å²) >= 11 is 1.53. The number of nitrogens with one attached hydrogen (secondary N) is 2. The Morgan fingerprint density at radius 2 is 2.10 bits per heavy atom. The first-order valence-electron chi connectivity index (χ1n) is 10.3. The lowest BCUT2D eigenvalue weighted by Crippen LogP contribution is -2.26. The van der Waals surface area contributed by atoms with Crippen LogP contribution in [0.25, 0.3) is 21.8 Å². The summed E-state index contributed by atoms with van der Waals surface area (Å²) in [5, 5.41) is 4.33. The van der Waals surface area contributed by atoms with E-state index in [1.807, 2.05) is 6.92 Å². The van der Waals surface area contributed by atoms with Crippen molar-refractivity contribution in [3.8, 4) is 21.8 Å². The van der Waals surface area contributed by atoms with Crippen molar-refractivity contribution in [2.75, 3.05) is 29.3 Å². The number of thiazole rings is 1. The Morgan fingerprint density at radius 3 is 2.84 bits per heavy atom. The van der Waals surface area contributed by atoms with Crippen LogP contribution in [-0.4, -0.2) is 38.0 Å². The predicted molar refractivity (Wildman–Crippen MR) is 125 cm³/mol. The average molecular weight is 461 g/mol. The average Bonchev–Trinajstić information content (AvgIpc) is 3.21. The van der Waals surface area contributed by atoms with Gasteiger partial charge in [-0.1, -0.05) is 13.0 Å². The second kappa shape index (κ2) is 9.80. The molecule has 2 aromatic heterocycles. The predicted octanol–water partition coefficient (Wildman–Crippen LogP) is 3.94. The zero-order valence-corrected chi connectivity index (χ0v) is 18.9. The lowest BCUT2D eigenvalue weighted by atomic mass is 9.99. The minimum absolute atomic E-state index is 0.158. The highest BCUT2D eigenvalue weighted by Crippen LogP contribution is 2.42. The fourth-order valence-corrected chi connectivity index (χ4v) is 5.68. The maximum Gasteiger partial charge on any atom is 0.220 e. The SMILES string of the molecule is CCCS(=O)Nc1cccc(-c2nc(C3CCNCC3)sc2-c2ccnc(N)n2)c1F. The third kappa shape index (κ3) is 4.91. The van der Waals surface area contributed by atoms with Gasteiger partial charge in [-0.15, -0.1) is 11.3 Å². The fourth-order valence-electron chi connectivity index (χ4n) is 3.59. The molecule has 3 heterocycles. The van der Waals surface area contributed by atoms with Gasteiger partial charge in [-0.3, -0.25) is 0 Å². The smallest absolute Gasteiger partial charge is 0.220 e. The van der Waals surface area contributed by atoms with Crippen molar-refractivity contribution in [1.29, 1.82) is 0 Å². The van der Waals surface area contributed by atoms with Gasteiger partial charge in [0, 0.05) is 23.4 Å². The van der Waals surface area contributed by atoms with Crippen LogP contribution in [0.4, 0.5) is 16.0 Å². The molecule has 0 amide bonds. The highest BCUT2D eigenvalue weighted by Gasteiger charge is 2.25. The Bertz CT molecular complexity index is 1080. The zero-order chi connectivity index (χ0) is 21.8. The van der Waals surface area contributed by atoms with Crippen LogP contribution in [0.15, 0.2) is 30.5 Å². The van der Waals surface area contributed by atoms with Gasteiger partial charge in [0.1, 0.15) is 11.0 Å². The maximum absolute atomic E-state index is 15.5. The van der Waals surface area contributed by atoms with Crippen molar-refractivity contribution in [2.24, 2.45) is 0 Å². The van der Waals surface area contributed by atoms with Crippen LogP contribution in [0, 0.1) is 5.82 Å². The molecule has 1 aliphatic rings. The summed E-state index contributed by atoms with van der Waals surface area (Å²) < 4.78 is 30.4. The quantitative estimate of drug-likeness (QED) is 0.493. The number of halogens is 1. The number of nitrogens with two attached hydrogens (primary N) is 1. The summed E-state index contributed by atoms with van der Waals surface area (Å²) in [5.74, 6) is 0.453. The first-order valence-corrected chi connectivity index (χ1v) is 12.4. The fraction of sp³-hybridized carbons (Fsp3) is 0.381. The molecule has 4 N–H and O–H groups in total. The highest BCUT2D eigenvalue weighted by atomic mass is 32.2. The van der Waals surface area contributed by atoms with Crippen molar-refractivity contribution >= 4 is 34.0 Å². The van der Waals surface area contributed by atoms with Gasteiger partial charge in [-0.25, -0.2) is 23.6 Å². The summed E-state index contributed by atoms with van der Waals surface area (Å²) in [5.41, 5.74) is 7.50. The summed E-state index contributed by atoms with van der Waals surface area (Å²) in [6, 6.07) is 6.79. The molecule has 10 heteroatoms. The lowest BCUT2D eigenvalue weighted by Gasteiger charge is -2.20. The van der Waals surface area contributed by atoms with Gasteiger partial charge in [0.25, 0.3) is 0 Å². The van der Waals surface area contributed by atoms with E-state index in [0.717, 1.165) is 42.2 Å². The largest absolute Gasteiger partial charge is 0.368 e. The van der Waals surface area contributed by atoms with Gasteiger partial charge in [0.15, 0.2) is 5.82 Å². The van der Waals surface area contributed by atoms with Crippen LogP contribution in [0.3, 0.4) is 0 Å². The van der Waals surface area contributed by atoms with Gasteiger partial charge in [0.05, 0.1) is 27.0 Å². The molecule has 31 heavy (non-hydrogen) atoms. The van der Waals surface area contributed by atoms with Crippen molar-refractivity contribution in [1.82, 2.24) is 20.3 Å². The van der Waals surface area contributed by atoms with E-state index in [4.69, 9.17) is 10.7 Å². The van der Waals surface area contributed by atoms with Crippen LogP contribution < -0.4 is 15.8 Å². The Morgan fingerprint density at radius 1 is 1.29 bits per heavy atom. The summed E-state index contributed by atoms with van der Waals surface area (Å²) in [4.78, 5) is 14.0. The number of hydrogen-bond donors (Lipinski definition) is 3. The van der Waals surface area contributed by atoms with E-state index in [2.05, 4.69) is 20.0 Å². The van der Waals surface area contributed by atoms with Crippen molar-refractivity contribution in [3.63, 3.8) is 0 Å².